The zero-order valence-corrected chi connectivity index (χ0v) is 8.35. The number of rotatable bonds is 0. The second kappa shape index (κ2) is 3.06. The molecule has 1 aliphatic rings. The Morgan fingerprint density at radius 1 is 1.00 bits per heavy atom. The van der Waals surface area contributed by atoms with Crippen LogP contribution in [0.1, 0.15) is 35.1 Å². The van der Waals surface area contributed by atoms with E-state index in [1.54, 1.807) is 0 Å². The van der Waals surface area contributed by atoms with E-state index in [0.29, 0.717) is 5.75 Å². The lowest BCUT2D eigenvalue weighted by molar-refractivity contribution is 0.457. The molecule has 0 aliphatic heterocycles. The quantitative estimate of drug-likeness (QED) is 0.644. The van der Waals surface area contributed by atoms with Crippen molar-refractivity contribution in [3.8, 4) is 5.75 Å². The molecule has 1 N–H and O–H groups in total. The van der Waals surface area contributed by atoms with Crippen molar-refractivity contribution in [1.29, 1.82) is 0 Å². The van der Waals surface area contributed by atoms with E-state index < -0.39 is 0 Å². The van der Waals surface area contributed by atoms with E-state index in [9.17, 15) is 5.11 Å². The van der Waals surface area contributed by atoms with E-state index in [4.69, 9.17) is 0 Å². The normalized spacial score (nSPS) is 15.5. The van der Waals surface area contributed by atoms with Crippen LogP contribution < -0.4 is 0 Å². The molecular formula is C12H16O. The van der Waals surface area contributed by atoms with Gasteiger partial charge >= 0.3 is 0 Å². The Morgan fingerprint density at radius 2 is 1.62 bits per heavy atom. The summed E-state index contributed by atoms with van der Waals surface area (Å²) in [6.07, 6.45) is 4.71. The smallest absolute Gasteiger partial charge is 0.121 e. The van der Waals surface area contributed by atoms with Crippen molar-refractivity contribution < 1.29 is 5.11 Å². The highest BCUT2D eigenvalue weighted by Crippen LogP contribution is 2.33. The molecule has 0 bridgehead atoms. The van der Waals surface area contributed by atoms with Crippen LogP contribution in [0.15, 0.2) is 6.07 Å². The molecule has 0 aromatic heterocycles. The second-order valence-corrected chi connectivity index (χ2v) is 4.02. The van der Waals surface area contributed by atoms with Crippen LogP contribution >= 0.6 is 0 Å². The molecule has 0 fully saturated rings. The van der Waals surface area contributed by atoms with Crippen molar-refractivity contribution in [3.63, 3.8) is 0 Å². The molecule has 0 saturated carbocycles. The minimum atomic E-state index is 0.542. The summed E-state index contributed by atoms with van der Waals surface area (Å²) in [7, 11) is 0. The summed E-state index contributed by atoms with van der Waals surface area (Å²) in [4.78, 5) is 0. The summed E-state index contributed by atoms with van der Waals surface area (Å²) >= 11 is 0. The first-order valence-electron chi connectivity index (χ1n) is 5.01. The zero-order valence-electron chi connectivity index (χ0n) is 8.35. The van der Waals surface area contributed by atoms with Gasteiger partial charge in [-0.25, -0.2) is 0 Å². The largest absolute Gasteiger partial charge is 0.507 e. The molecule has 0 saturated heterocycles. The molecule has 1 aliphatic carbocycles. The van der Waals surface area contributed by atoms with Crippen LogP contribution in [-0.4, -0.2) is 5.11 Å². The van der Waals surface area contributed by atoms with Gasteiger partial charge in [-0.05, 0) is 61.8 Å². The minimum absolute atomic E-state index is 0.542. The van der Waals surface area contributed by atoms with Gasteiger partial charge in [0.05, 0.1) is 0 Å². The number of phenols is 1. The number of aromatic hydroxyl groups is 1. The van der Waals surface area contributed by atoms with Crippen LogP contribution in [0, 0.1) is 13.8 Å². The lowest BCUT2D eigenvalue weighted by atomic mass is 9.86. The summed E-state index contributed by atoms with van der Waals surface area (Å²) in [5.41, 5.74) is 4.99. The molecule has 0 spiro atoms. The van der Waals surface area contributed by atoms with Gasteiger partial charge in [0.15, 0.2) is 0 Å². The standard InChI is InChI=1S/C12H16O/c1-8-7-9(2)12(13)11-6-4-3-5-10(8)11/h7,13H,3-6H2,1-2H3. The maximum Gasteiger partial charge on any atom is 0.121 e. The van der Waals surface area contributed by atoms with Crippen molar-refractivity contribution in [2.75, 3.05) is 0 Å². The van der Waals surface area contributed by atoms with Crippen LogP contribution in [0.3, 0.4) is 0 Å². The van der Waals surface area contributed by atoms with Crippen molar-refractivity contribution in [3.05, 3.63) is 28.3 Å². The van der Waals surface area contributed by atoms with Gasteiger partial charge in [0.2, 0.25) is 0 Å². The third-order valence-electron chi connectivity index (χ3n) is 3.04. The molecule has 1 aromatic carbocycles. The van der Waals surface area contributed by atoms with Gasteiger partial charge in [0, 0.05) is 0 Å². The lowest BCUT2D eigenvalue weighted by Gasteiger charge is -2.20. The van der Waals surface area contributed by atoms with Crippen LogP contribution in [-0.2, 0) is 12.8 Å². The average molecular weight is 176 g/mol. The van der Waals surface area contributed by atoms with Gasteiger partial charge in [-0.1, -0.05) is 6.07 Å². The van der Waals surface area contributed by atoms with Crippen molar-refractivity contribution in [2.45, 2.75) is 39.5 Å². The molecule has 0 radical (unpaired) electrons. The predicted molar refractivity (Wildman–Crippen MR) is 54.2 cm³/mol. The molecular weight excluding hydrogens is 160 g/mol. The Morgan fingerprint density at radius 3 is 2.31 bits per heavy atom. The first-order chi connectivity index (χ1) is 6.20. The Labute approximate surface area is 79.4 Å². The lowest BCUT2D eigenvalue weighted by Crippen LogP contribution is -2.05. The van der Waals surface area contributed by atoms with Gasteiger partial charge in [0.25, 0.3) is 0 Å². The van der Waals surface area contributed by atoms with Crippen molar-refractivity contribution in [1.82, 2.24) is 0 Å². The Balaban J connectivity index is 2.63. The van der Waals surface area contributed by atoms with E-state index >= 15 is 0 Å². The molecule has 13 heavy (non-hydrogen) atoms. The maximum atomic E-state index is 9.87. The van der Waals surface area contributed by atoms with E-state index in [1.807, 2.05) is 6.92 Å². The fourth-order valence-corrected chi connectivity index (χ4v) is 2.32. The summed E-state index contributed by atoms with van der Waals surface area (Å²) in [6.45, 7) is 4.13. The topological polar surface area (TPSA) is 20.2 Å². The van der Waals surface area contributed by atoms with E-state index in [0.717, 1.165) is 18.4 Å². The fourth-order valence-electron chi connectivity index (χ4n) is 2.32. The summed E-state index contributed by atoms with van der Waals surface area (Å²) in [5, 5.41) is 9.87. The molecule has 0 atom stereocenters. The number of phenolic OH excluding ortho intramolecular Hbond substituents is 1. The Hall–Kier alpha value is -0.980. The molecule has 0 heterocycles. The monoisotopic (exact) mass is 176 g/mol. The second-order valence-electron chi connectivity index (χ2n) is 4.02. The summed E-state index contributed by atoms with van der Waals surface area (Å²) in [6, 6.07) is 2.10. The summed E-state index contributed by atoms with van der Waals surface area (Å²) < 4.78 is 0. The van der Waals surface area contributed by atoms with Gasteiger partial charge in [0.1, 0.15) is 5.75 Å². The first-order valence-corrected chi connectivity index (χ1v) is 5.01. The van der Waals surface area contributed by atoms with Crippen LogP contribution in [0.5, 0.6) is 5.75 Å². The van der Waals surface area contributed by atoms with E-state index in [2.05, 4.69) is 13.0 Å². The van der Waals surface area contributed by atoms with Crippen molar-refractivity contribution in [2.24, 2.45) is 0 Å². The number of benzene rings is 1. The first kappa shape index (κ1) is 8.61. The van der Waals surface area contributed by atoms with Crippen LogP contribution in [0.4, 0.5) is 0 Å². The van der Waals surface area contributed by atoms with Gasteiger partial charge in [-0.2, -0.15) is 0 Å². The Bertz CT molecular complexity index is 339. The average Bonchev–Trinajstić information content (AvgIpc) is 2.15. The van der Waals surface area contributed by atoms with Gasteiger partial charge in [-0.15, -0.1) is 0 Å². The van der Waals surface area contributed by atoms with E-state index in [1.165, 1.54) is 29.5 Å². The van der Waals surface area contributed by atoms with E-state index in [-0.39, 0.29) is 0 Å². The molecule has 1 heteroatoms. The molecule has 0 amide bonds. The van der Waals surface area contributed by atoms with Crippen molar-refractivity contribution >= 4 is 0 Å². The molecule has 2 rings (SSSR count). The molecule has 1 aromatic rings. The van der Waals surface area contributed by atoms with Gasteiger partial charge in [-0.3, -0.25) is 0 Å². The highest BCUT2D eigenvalue weighted by Gasteiger charge is 2.16. The minimum Gasteiger partial charge on any atom is -0.507 e. The number of hydrogen-bond donors (Lipinski definition) is 1. The highest BCUT2D eigenvalue weighted by atomic mass is 16.3. The van der Waals surface area contributed by atoms with Crippen LogP contribution in [0.25, 0.3) is 0 Å². The fraction of sp³-hybridized carbons (Fsp3) is 0.500. The molecule has 0 unspecified atom stereocenters. The summed E-state index contributed by atoms with van der Waals surface area (Å²) in [5.74, 6) is 0.542. The number of fused-ring (bicyclic) bond motifs is 1. The third kappa shape index (κ3) is 1.32. The predicted octanol–water partition coefficient (Wildman–Crippen LogP) is 2.89. The highest BCUT2D eigenvalue weighted by molar-refractivity contribution is 5.49. The third-order valence-corrected chi connectivity index (χ3v) is 3.04. The SMILES string of the molecule is Cc1cc(C)c2c(c1O)CCCC2. The van der Waals surface area contributed by atoms with Crippen LogP contribution in [0.2, 0.25) is 0 Å². The van der Waals surface area contributed by atoms with Gasteiger partial charge < -0.3 is 5.11 Å². The number of hydrogen-bond acceptors (Lipinski definition) is 1. The number of aryl methyl sites for hydroxylation is 2. The maximum absolute atomic E-state index is 9.87. The molecule has 1 nitrogen and oxygen atoms in total. The zero-order chi connectivity index (χ0) is 9.42. The molecule has 70 valence electrons. The Kier molecular flexibility index (Phi) is 2.03.